The third-order valence-electron chi connectivity index (χ3n) is 7.47. The van der Waals surface area contributed by atoms with Gasteiger partial charge < -0.3 is 10.2 Å². The first kappa shape index (κ1) is 35.2. The smallest absolute Gasteiger partial charge is 0.264 e. The van der Waals surface area contributed by atoms with Crippen LogP contribution in [-0.4, -0.2) is 43.3 Å². The van der Waals surface area contributed by atoms with E-state index in [-0.39, 0.29) is 23.8 Å². The van der Waals surface area contributed by atoms with E-state index >= 15 is 0 Å². The van der Waals surface area contributed by atoms with Crippen LogP contribution >= 0.6 is 27.5 Å². The molecule has 242 valence electrons. The Balaban J connectivity index is 1.84. The first-order valence-corrected chi connectivity index (χ1v) is 17.5. The topological polar surface area (TPSA) is 86.8 Å². The highest BCUT2D eigenvalue weighted by Crippen LogP contribution is 2.28. The van der Waals surface area contributed by atoms with Gasteiger partial charge >= 0.3 is 0 Å². The summed E-state index contributed by atoms with van der Waals surface area (Å²) in [5.74, 6) is -0.862. The lowest BCUT2D eigenvalue weighted by Crippen LogP contribution is -2.56. The van der Waals surface area contributed by atoms with Crippen LogP contribution in [0.15, 0.2) is 106 Å². The molecule has 0 saturated carbocycles. The fraction of sp³-hybridized carbons (Fsp3) is 0.278. The molecule has 0 aliphatic heterocycles. The monoisotopic (exact) mass is 723 g/mol. The molecule has 4 aromatic rings. The zero-order valence-electron chi connectivity index (χ0n) is 26.6. The first-order chi connectivity index (χ1) is 21.6. The van der Waals surface area contributed by atoms with Gasteiger partial charge in [-0.15, -0.1) is 0 Å². The van der Waals surface area contributed by atoms with Crippen LogP contribution in [0.4, 0.5) is 5.69 Å². The summed E-state index contributed by atoms with van der Waals surface area (Å²) in [6, 6.07) is 27.1. The molecule has 46 heavy (non-hydrogen) atoms. The summed E-state index contributed by atoms with van der Waals surface area (Å²) in [5.41, 5.74) is 3.27. The zero-order valence-corrected chi connectivity index (χ0v) is 29.8. The van der Waals surface area contributed by atoms with Gasteiger partial charge in [-0.1, -0.05) is 76.1 Å². The molecule has 0 aromatic heterocycles. The number of hydrogen-bond donors (Lipinski definition) is 1. The zero-order chi connectivity index (χ0) is 33.6. The van der Waals surface area contributed by atoms with E-state index in [1.165, 1.54) is 29.2 Å². The third kappa shape index (κ3) is 9.21. The van der Waals surface area contributed by atoms with Gasteiger partial charge in [-0.2, -0.15) is 0 Å². The number of benzene rings is 4. The molecule has 2 amide bonds. The van der Waals surface area contributed by atoms with Crippen LogP contribution in [0, 0.1) is 13.8 Å². The molecule has 0 aliphatic carbocycles. The largest absolute Gasteiger partial charge is 0.350 e. The molecule has 1 atom stereocenters. The van der Waals surface area contributed by atoms with Crippen molar-refractivity contribution in [2.75, 3.05) is 10.8 Å². The van der Waals surface area contributed by atoms with Crippen LogP contribution in [0.25, 0.3) is 0 Å². The molecule has 0 heterocycles. The Morgan fingerprint density at radius 1 is 0.848 bits per heavy atom. The van der Waals surface area contributed by atoms with Crippen molar-refractivity contribution in [3.63, 3.8) is 0 Å². The second kappa shape index (κ2) is 14.8. The van der Waals surface area contributed by atoms with Crippen LogP contribution < -0.4 is 9.62 Å². The van der Waals surface area contributed by atoms with Crippen LogP contribution in [0.2, 0.25) is 5.02 Å². The number of hydrogen-bond acceptors (Lipinski definition) is 4. The number of amides is 2. The minimum atomic E-state index is -4.22. The standard InChI is InChI=1S/C36H39BrClN3O4S/c1-25-14-17-31(20-26(25)2)41(46(44,45)32-18-15-30(38)16-19-32)24-34(42)40(23-28-12-9-13-29(37)21-28)33(35(43)39-36(3,4)5)22-27-10-7-6-8-11-27/h6-21,33H,22-24H2,1-5H3,(H,39,43)/t33-/m1/s1. The number of halogens is 2. The Hall–Kier alpha value is -3.66. The van der Waals surface area contributed by atoms with Gasteiger partial charge in [0.1, 0.15) is 12.6 Å². The molecule has 0 aliphatic rings. The van der Waals surface area contributed by atoms with E-state index in [4.69, 9.17) is 11.6 Å². The fourth-order valence-corrected chi connectivity index (χ4v) is 6.96. The van der Waals surface area contributed by atoms with Gasteiger partial charge in [0.05, 0.1) is 10.6 Å². The van der Waals surface area contributed by atoms with Crippen molar-refractivity contribution in [1.29, 1.82) is 0 Å². The normalized spacial score (nSPS) is 12.3. The van der Waals surface area contributed by atoms with Crippen molar-refractivity contribution in [3.8, 4) is 0 Å². The van der Waals surface area contributed by atoms with E-state index in [2.05, 4.69) is 21.2 Å². The van der Waals surface area contributed by atoms with Crippen LogP contribution in [0.1, 0.15) is 43.0 Å². The van der Waals surface area contributed by atoms with Crippen molar-refractivity contribution in [1.82, 2.24) is 10.2 Å². The lowest BCUT2D eigenvalue weighted by Gasteiger charge is -2.35. The quantitative estimate of drug-likeness (QED) is 0.174. The van der Waals surface area contributed by atoms with Crippen molar-refractivity contribution < 1.29 is 18.0 Å². The highest BCUT2D eigenvalue weighted by atomic mass is 79.9. The molecule has 0 fully saturated rings. The predicted octanol–water partition coefficient (Wildman–Crippen LogP) is 7.47. The minimum Gasteiger partial charge on any atom is -0.350 e. The summed E-state index contributed by atoms with van der Waals surface area (Å²) in [6.07, 6.45) is 0.232. The van der Waals surface area contributed by atoms with Crippen LogP contribution in [0.3, 0.4) is 0 Å². The number of anilines is 1. The Bertz CT molecular complexity index is 1790. The van der Waals surface area contributed by atoms with E-state index in [1.807, 2.05) is 95.3 Å². The molecule has 4 aromatic carbocycles. The highest BCUT2D eigenvalue weighted by Gasteiger charge is 2.35. The molecule has 4 rings (SSSR count). The molecular formula is C36H39BrClN3O4S. The van der Waals surface area contributed by atoms with E-state index in [0.29, 0.717) is 10.7 Å². The number of nitrogens with one attached hydrogen (secondary N) is 1. The number of sulfonamides is 1. The Labute approximate surface area is 285 Å². The van der Waals surface area contributed by atoms with Gasteiger partial charge in [0, 0.05) is 28.0 Å². The van der Waals surface area contributed by atoms with Crippen LogP contribution in [0.5, 0.6) is 0 Å². The second-order valence-corrected chi connectivity index (χ2v) is 15.5. The SMILES string of the molecule is Cc1ccc(N(CC(=O)N(Cc2cccc(Br)c2)[C@H](Cc2ccccc2)C(=O)NC(C)(C)C)S(=O)(=O)c2ccc(Cl)cc2)cc1C. The van der Waals surface area contributed by atoms with Crippen molar-refractivity contribution in [3.05, 3.63) is 129 Å². The average molecular weight is 725 g/mol. The first-order valence-electron chi connectivity index (χ1n) is 14.9. The van der Waals surface area contributed by atoms with Gasteiger partial charge in [-0.3, -0.25) is 13.9 Å². The van der Waals surface area contributed by atoms with Crippen molar-refractivity contribution in [2.24, 2.45) is 0 Å². The Morgan fingerprint density at radius 3 is 2.11 bits per heavy atom. The fourth-order valence-electron chi connectivity index (χ4n) is 4.98. The summed E-state index contributed by atoms with van der Waals surface area (Å²) >= 11 is 9.59. The van der Waals surface area contributed by atoms with Gasteiger partial charge in [-0.05, 0) is 105 Å². The van der Waals surface area contributed by atoms with Gasteiger partial charge in [0.25, 0.3) is 10.0 Å². The molecule has 0 unspecified atom stereocenters. The van der Waals surface area contributed by atoms with E-state index in [1.54, 1.807) is 12.1 Å². The molecule has 1 N–H and O–H groups in total. The lowest BCUT2D eigenvalue weighted by atomic mass is 10.0. The van der Waals surface area contributed by atoms with E-state index in [0.717, 1.165) is 31.0 Å². The molecule has 0 bridgehead atoms. The highest BCUT2D eigenvalue weighted by molar-refractivity contribution is 9.10. The lowest BCUT2D eigenvalue weighted by molar-refractivity contribution is -0.140. The third-order valence-corrected chi connectivity index (χ3v) is 10.0. The van der Waals surface area contributed by atoms with Gasteiger partial charge in [0.2, 0.25) is 11.8 Å². The average Bonchev–Trinajstić information content (AvgIpc) is 2.99. The molecule has 7 nitrogen and oxygen atoms in total. The summed E-state index contributed by atoms with van der Waals surface area (Å²) in [4.78, 5) is 30.1. The number of carbonyl (C=O) groups is 2. The van der Waals surface area contributed by atoms with Crippen molar-refractivity contribution in [2.45, 2.75) is 64.1 Å². The maximum Gasteiger partial charge on any atom is 0.264 e. The van der Waals surface area contributed by atoms with Crippen molar-refractivity contribution >= 4 is 55.1 Å². The molecular weight excluding hydrogens is 686 g/mol. The molecule has 0 radical (unpaired) electrons. The van der Waals surface area contributed by atoms with Crippen LogP contribution in [-0.2, 0) is 32.6 Å². The Morgan fingerprint density at radius 2 is 1.50 bits per heavy atom. The number of aryl methyl sites for hydroxylation is 2. The molecule has 0 spiro atoms. The molecule has 10 heteroatoms. The number of rotatable bonds is 11. The van der Waals surface area contributed by atoms with Gasteiger partial charge in [-0.25, -0.2) is 8.42 Å². The van der Waals surface area contributed by atoms with E-state index < -0.39 is 34.1 Å². The number of carbonyl (C=O) groups excluding carboxylic acids is 2. The molecule has 0 saturated heterocycles. The van der Waals surface area contributed by atoms with E-state index in [9.17, 15) is 18.0 Å². The van der Waals surface area contributed by atoms with Gasteiger partial charge in [0.15, 0.2) is 0 Å². The summed E-state index contributed by atoms with van der Waals surface area (Å²) in [6.45, 7) is 9.01. The number of nitrogens with zero attached hydrogens (tertiary/aromatic N) is 2. The Kier molecular flexibility index (Phi) is 11.4. The predicted molar refractivity (Wildman–Crippen MR) is 188 cm³/mol. The maximum absolute atomic E-state index is 14.6. The summed E-state index contributed by atoms with van der Waals surface area (Å²) in [5, 5.41) is 3.44. The summed E-state index contributed by atoms with van der Waals surface area (Å²) < 4.78 is 30.3. The summed E-state index contributed by atoms with van der Waals surface area (Å²) in [7, 11) is -4.22. The second-order valence-electron chi connectivity index (χ2n) is 12.3. The minimum absolute atomic E-state index is 0.00669. The maximum atomic E-state index is 14.6.